The number of rotatable bonds is 3. The largest absolute Gasteiger partial charge is 1.00 e. The van der Waals surface area contributed by atoms with E-state index in [0.717, 1.165) is 5.56 Å². The monoisotopic (exact) mass is 463 g/mol. The zero-order valence-corrected chi connectivity index (χ0v) is 19.5. The first-order chi connectivity index (χ1) is 15.3. The van der Waals surface area contributed by atoms with Gasteiger partial charge in [0, 0.05) is 12.1 Å². The van der Waals surface area contributed by atoms with E-state index >= 15 is 0 Å². The molecule has 2 amide bonds. The summed E-state index contributed by atoms with van der Waals surface area (Å²) in [6, 6.07) is 22.9. The summed E-state index contributed by atoms with van der Waals surface area (Å²) in [7, 11) is 0. The number of carbonyl (C=O) groups excluding carboxylic acids is 2. The number of halogens is 1. The van der Waals surface area contributed by atoms with Gasteiger partial charge in [0.1, 0.15) is 5.60 Å². The highest BCUT2D eigenvalue weighted by atomic mass is 35.5. The molecule has 0 atom stereocenters. The Bertz CT molecular complexity index is 1240. The maximum absolute atomic E-state index is 12.2. The predicted molar refractivity (Wildman–Crippen MR) is 125 cm³/mol. The Hall–Kier alpha value is -3.64. The van der Waals surface area contributed by atoms with Crippen molar-refractivity contribution < 1.29 is 31.3 Å². The van der Waals surface area contributed by atoms with Crippen molar-refractivity contribution in [2.24, 2.45) is 0 Å². The Labute approximate surface area is 198 Å². The van der Waals surface area contributed by atoms with E-state index in [1.54, 1.807) is 25.3 Å². The number of nitrogens with one attached hydrogen (secondary N) is 2. The van der Waals surface area contributed by atoms with Gasteiger partial charge in [0.15, 0.2) is 12.4 Å². The van der Waals surface area contributed by atoms with Crippen molar-refractivity contribution in [3.05, 3.63) is 79.1 Å². The van der Waals surface area contributed by atoms with Gasteiger partial charge in [-0.15, -0.1) is 0 Å². The third kappa shape index (κ3) is 5.79. The highest BCUT2D eigenvalue weighted by Crippen LogP contribution is 2.35. The number of nitrogens with zero attached hydrogens (tertiary/aromatic N) is 1. The second-order valence-electron chi connectivity index (χ2n) is 8.63. The van der Waals surface area contributed by atoms with Gasteiger partial charge >= 0.3 is 12.0 Å². The molecule has 6 nitrogen and oxygen atoms in total. The van der Waals surface area contributed by atoms with Crippen molar-refractivity contribution >= 4 is 33.5 Å². The molecule has 33 heavy (non-hydrogen) atoms. The first kappa shape index (κ1) is 24.0. The predicted octanol–water partition coefficient (Wildman–Crippen LogP) is 1.51. The molecular formula is C26H26ClN3O3. The summed E-state index contributed by atoms with van der Waals surface area (Å²) in [6.07, 6.45) is 3.02. The van der Waals surface area contributed by atoms with Crippen LogP contribution in [0.5, 0.6) is 0 Å². The molecule has 0 radical (unpaired) electrons. The van der Waals surface area contributed by atoms with Gasteiger partial charge in [-0.25, -0.2) is 10.2 Å². The van der Waals surface area contributed by atoms with Crippen LogP contribution in [0.25, 0.3) is 32.7 Å². The van der Waals surface area contributed by atoms with Gasteiger partial charge in [0.05, 0.1) is 0 Å². The van der Waals surface area contributed by atoms with E-state index < -0.39 is 11.7 Å². The summed E-state index contributed by atoms with van der Waals surface area (Å²) in [5, 5.41) is 4.74. The van der Waals surface area contributed by atoms with Crippen molar-refractivity contribution in [1.82, 2.24) is 10.9 Å². The molecule has 3 aromatic carbocycles. The van der Waals surface area contributed by atoms with E-state index in [-0.39, 0.29) is 24.9 Å². The van der Waals surface area contributed by atoms with Gasteiger partial charge in [-0.2, -0.15) is 4.57 Å². The normalized spacial score (nSPS) is 11.0. The lowest BCUT2D eigenvalue weighted by molar-refractivity contribution is -0.684. The fourth-order valence-electron chi connectivity index (χ4n) is 3.68. The number of hydrazine groups is 1. The number of pyridine rings is 1. The van der Waals surface area contributed by atoms with Crippen LogP contribution in [0.1, 0.15) is 20.8 Å². The van der Waals surface area contributed by atoms with Crippen molar-refractivity contribution in [3.63, 3.8) is 0 Å². The Kier molecular flexibility index (Phi) is 7.19. The highest BCUT2D eigenvalue weighted by molar-refractivity contribution is 6.12. The number of ether oxygens (including phenoxy) is 1. The number of benzene rings is 3. The second-order valence-corrected chi connectivity index (χ2v) is 8.63. The minimum atomic E-state index is -0.700. The number of carbonyl (C=O) groups is 2. The first-order valence-corrected chi connectivity index (χ1v) is 10.5. The molecule has 0 aliphatic heterocycles. The fraction of sp³-hybridized carbons (Fsp3) is 0.192. The molecule has 0 fully saturated rings. The van der Waals surface area contributed by atoms with Gasteiger partial charge in [0.2, 0.25) is 6.54 Å². The van der Waals surface area contributed by atoms with Crippen molar-refractivity contribution in [3.8, 4) is 11.1 Å². The molecule has 0 saturated carbocycles. The Balaban J connectivity index is 0.00000306. The number of aromatic nitrogens is 1. The zero-order chi connectivity index (χ0) is 22.7. The average Bonchev–Trinajstić information content (AvgIpc) is 2.75. The van der Waals surface area contributed by atoms with Crippen LogP contribution in [0.4, 0.5) is 4.79 Å². The molecule has 4 rings (SSSR count). The van der Waals surface area contributed by atoms with E-state index in [1.165, 1.54) is 27.1 Å². The van der Waals surface area contributed by atoms with Gasteiger partial charge in [-0.1, -0.05) is 48.5 Å². The molecule has 0 aliphatic rings. The molecule has 1 heterocycles. The summed E-state index contributed by atoms with van der Waals surface area (Å²) in [4.78, 5) is 23.9. The van der Waals surface area contributed by atoms with Crippen LogP contribution in [0.2, 0.25) is 0 Å². The fourth-order valence-corrected chi connectivity index (χ4v) is 3.68. The number of amides is 2. The SMILES string of the molecule is CC(C)(C)OC(=O)NNC(=O)C[n+]1ccc(-c2c3ccccc3cc3ccccc23)cc1.[Cl-]. The maximum Gasteiger partial charge on any atom is 0.426 e. The summed E-state index contributed by atoms with van der Waals surface area (Å²) < 4.78 is 6.85. The van der Waals surface area contributed by atoms with E-state index in [1.807, 2.05) is 48.8 Å². The average molecular weight is 464 g/mol. The van der Waals surface area contributed by atoms with Crippen molar-refractivity contribution in [1.29, 1.82) is 0 Å². The Morgan fingerprint density at radius 1 is 0.848 bits per heavy atom. The lowest BCUT2D eigenvalue weighted by Gasteiger charge is -2.19. The number of fused-ring (bicyclic) bond motifs is 2. The smallest absolute Gasteiger partial charge is 0.426 e. The summed E-state index contributed by atoms with van der Waals surface area (Å²) in [6.45, 7) is 5.33. The maximum atomic E-state index is 12.2. The number of hydrogen-bond donors (Lipinski definition) is 2. The molecule has 4 aromatic rings. The molecule has 0 unspecified atom stereocenters. The molecule has 170 valence electrons. The van der Waals surface area contributed by atoms with Crippen molar-refractivity contribution in [2.75, 3.05) is 0 Å². The van der Waals surface area contributed by atoms with Crippen LogP contribution in [-0.4, -0.2) is 17.6 Å². The molecule has 0 bridgehead atoms. The van der Waals surface area contributed by atoms with Crippen LogP contribution in [-0.2, 0) is 16.1 Å². The van der Waals surface area contributed by atoms with E-state index in [9.17, 15) is 9.59 Å². The van der Waals surface area contributed by atoms with Crippen molar-refractivity contribution in [2.45, 2.75) is 32.9 Å². The molecule has 0 saturated heterocycles. The number of hydrogen-bond acceptors (Lipinski definition) is 3. The first-order valence-electron chi connectivity index (χ1n) is 10.5. The minimum Gasteiger partial charge on any atom is -1.00 e. The second kappa shape index (κ2) is 9.88. The standard InChI is InChI=1S/C26H25N3O3.ClH/c1-26(2,3)32-25(31)28-27-23(30)17-29-14-12-18(13-15-29)24-21-10-6-4-8-19(21)16-20-9-5-7-11-22(20)24;/h4-16H,17H2,1-3H3,(H-,27,28,30,31);1H. The molecule has 7 heteroatoms. The third-order valence-corrected chi connectivity index (χ3v) is 4.98. The summed E-state index contributed by atoms with van der Waals surface area (Å²) in [5.74, 6) is -0.357. The zero-order valence-electron chi connectivity index (χ0n) is 18.8. The van der Waals surface area contributed by atoms with Gasteiger partial charge in [0.25, 0.3) is 0 Å². The van der Waals surface area contributed by atoms with E-state index in [2.05, 4.69) is 41.2 Å². The highest BCUT2D eigenvalue weighted by Gasteiger charge is 2.18. The van der Waals surface area contributed by atoms with Crippen LogP contribution < -0.4 is 27.8 Å². The van der Waals surface area contributed by atoms with Crippen LogP contribution in [0.15, 0.2) is 79.1 Å². The molecule has 2 N–H and O–H groups in total. The third-order valence-electron chi connectivity index (χ3n) is 4.98. The quantitative estimate of drug-likeness (QED) is 0.275. The minimum absolute atomic E-state index is 0. The van der Waals surface area contributed by atoms with Gasteiger partial charge in [-0.3, -0.25) is 10.2 Å². The lowest BCUT2D eigenvalue weighted by Crippen LogP contribution is -3.00. The topological polar surface area (TPSA) is 71.3 Å². The molecule has 0 aliphatic carbocycles. The lowest BCUT2D eigenvalue weighted by atomic mass is 9.92. The van der Waals surface area contributed by atoms with E-state index in [0.29, 0.717) is 0 Å². The van der Waals surface area contributed by atoms with Gasteiger partial charge < -0.3 is 17.1 Å². The van der Waals surface area contributed by atoms with Crippen LogP contribution in [0, 0.1) is 0 Å². The molecule has 0 spiro atoms. The van der Waals surface area contributed by atoms with Gasteiger partial charge in [-0.05, 0) is 59.5 Å². The van der Waals surface area contributed by atoms with Crippen LogP contribution in [0.3, 0.4) is 0 Å². The van der Waals surface area contributed by atoms with Crippen LogP contribution >= 0.6 is 0 Å². The summed E-state index contributed by atoms with van der Waals surface area (Å²) in [5.41, 5.74) is 6.23. The van der Waals surface area contributed by atoms with E-state index in [4.69, 9.17) is 4.74 Å². The molecule has 1 aromatic heterocycles. The Morgan fingerprint density at radius 2 is 1.39 bits per heavy atom. The summed E-state index contributed by atoms with van der Waals surface area (Å²) >= 11 is 0. The molecular weight excluding hydrogens is 438 g/mol. The Morgan fingerprint density at radius 3 is 1.94 bits per heavy atom.